The average molecular weight is 317 g/mol. The van der Waals surface area contributed by atoms with E-state index in [1.165, 1.54) is 16.2 Å². The molecule has 0 fully saturated rings. The summed E-state index contributed by atoms with van der Waals surface area (Å²) < 4.78 is 0. The number of rotatable bonds is 4. The number of carbonyl (C=O) groups is 1. The van der Waals surface area contributed by atoms with Gasteiger partial charge in [0, 0.05) is 22.8 Å². The molecule has 2 unspecified atom stereocenters. The fourth-order valence-electron chi connectivity index (χ4n) is 2.86. The SMILES string of the molecule is CC1CCc2c(sc(NC(O)c3cccnc3)c2C(N)=O)C1. The topological polar surface area (TPSA) is 88.2 Å². The summed E-state index contributed by atoms with van der Waals surface area (Å²) in [5, 5.41) is 14.0. The summed E-state index contributed by atoms with van der Waals surface area (Å²) in [6.07, 6.45) is 5.23. The third-order valence-corrected chi connectivity index (χ3v) is 5.21. The van der Waals surface area contributed by atoms with E-state index in [4.69, 9.17) is 5.73 Å². The number of hydrogen-bond acceptors (Lipinski definition) is 5. The Balaban J connectivity index is 1.92. The third-order valence-electron chi connectivity index (χ3n) is 4.03. The first-order chi connectivity index (χ1) is 10.6. The largest absolute Gasteiger partial charge is 0.369 e. The van der Waals surface area contributed by atoms with Crippen LogP contribution in [0.3, 0.4) is 0 Å². The number of anilines is 1. The van der Waals surface area contributed by atoms with Gasteiger partial charge in [-0.05, 0) is 36.8 Å². The van der Waals surface area contributed by atoms with E-state index >= 15 is 0 Å². The van der Waals surface area contributed by atoms with Gasteiger partial charge in [-0.2, -0.15) is 0 Å². The minimum Gasteiger partial charge on any atom is -0.369 e. The van der Waals surface area contributed by atoms with Crippen LogP contribution in [-0.2, 0) is 12.8 Å². The Labute approximate surface area is 133 Å². The van der Waals surface area contributed by atoms with Crippen molar-refractivity contribution < 1.29 is 9.90 Å². The number of aliphatic hydroxyl groups excluding tert-OH is 1. The zero-order valence-electron chi connectivity index (χ0n) is 12.4. The van der Waals surface area contributed by atoms with E-state index < -0.39 is 12.1 Å². The summed E-state index contributed by atoms with van der Waals surface area (Å²) in [7, 11) is 0. The van der Waals surface area contributed by atoms with Gasteiger partial charge in [-0.3, -0.25) is 9.78 Å². The van der Waals surface area contributed by atoms with Gasteiger partial charge in [-0.15, -0.1) is 11.3 Å². The number of aliphatic hydroxyl groups is 1. The van der Waals surface area contributed by atoms with Crippen LogP contribution >= 0.6 is 11.3 Å². The Kier molecular flexibility index (Phi) is 4.13. The summed E-state index contributed by atoms with van der Waals surface area (Å²) in [5.74, 6) is 0.177. The monoisotopic (exact) mass is 317 g/mol. The lowest BCUT2D eigenvalue weighted by molar-refractivity contribution is 0.1000. The maximum atomic E-state index is 11.8. The van der Waals surface area contributed by atoms with Gasteiger partial charge in [-0.1, -0.05) is 13.0 Å². The number of nitrogens with one attached hydrogen (secondary N) is 1. The van der Waals surface area contributed by atoms with Crippen LogP contribution in [0, 0.1) is 5.92 Å². The lowest BCUT2D eigenvalue weighted by Gasteiger charge is -2.18. The van der Waals surface area contributed by atoms with Crippen molar-refractivity contribution in [2.45, 2.75) is 32.4 Å². The fourth-order valence-corrected chi connectivity index (χ4v) is 4.30. The molecule has 0 aliphatic heterocycles. The molecule has 0 spiro atoms. The molecule has 2 heterocycles. The Bertz CT molecular complexity index is 684. The van der Waals surface area contributed by atoms with E-state index in [-0.39, 0.29) is 0 Å². The van der Waals surface area contributed by atoms with Gasteiger partial charge in [0.1, 0.15) is 5.00 Å². The molecular weight excluding hydrogens is 298 g/mol. The molecule has 0 saturated heterocycles. The van der Waals surface area contributed by atoms with Gasteiger partial charge >= 0.3 is 0 Å². The highest BCUT2D eigenvalue weighted by Gasteiger charge is 2.27. The Hall–Kier alpha value is -1.92. The summed E-state index contributed by atoms with van der Waals surface area (Å²) in [5.41, 5.74) is 7.81. The fraction of sp³-hybridized carbons (Fsp3) is 0.375. The standard InChI is InChI=1S/C16H19N3O2S/c1-9-4-5-11-12(7-9)22-16(13(11)14(17)20)19-15(21)10-3-2-6-18-8-10/h2-3,6,8-9,15,19,21H,4-5,7H2,1H3,(H2,17,20). The van der Waals surface area contributed by atoms with Crippen LogP contribution in [0.5, 0.6) is 0 Å². The van der Waals surface area contributed by atoms with Gasteiger partial charge in [0.15, 0.2) is 6.23 Å². The number of primary amides is 1. The molecule has 0 aromatic carbocycles. The highest BCUT2D eigenvalue weighted by Crippen LogP contribution is 2.40. The first-order valence-electron chi connectivity index (χ1n) is 7.35. The van der Waals surface area contributed by atoms with Crippen molar-refractivity contribution in [2.75, 3.05) is 5.32 Å². The van der Waals surface area contributed by atoms with Gasteiger partial charge in [0.05, 0.1) is 5.56 Å². The molecular formula is C16H19N3O2S. The molecule has 5 nitrogen and oxygen atoms in total. The van der Waals surface area contributed by atoms with E-state index in [0.717, 1.165) is 24.8 Å². The zero-order valence-corrected chi connectivity index (χ0v) is 13.2. The number of amides is 1. The predicted molar refractivity (Wildman–Crippen MR) is 86.8 cm³/mol. The van der Waals surface area contributed by atoms with E-state index in [2.05, 4.69) is 17.2 Å². The van der Waals surface area contributed by atoms with Gasteiger partial charge in [-0.25, -0.2) is 0 Å². The first kappa shape index (κ1) is 15.0. The highest BCUT2D eigenvalue weighted by molar-refractivity contribution is 7.16. The highest BCUT2D eigenvalue weighted by atomic mass is 32.1. The molecule has 22 heavy (non-hydrogen) atoms. The number of aromatic nitrogens is 1. The Morgan fingerprint density at radius 3 is 3.09 bits per heavy atom. The summed E-state index contributed by atoms with van der Waals surface area (Å²) >= 11 is 1.52. The summed E-state index contributed by atoms with van der Waals surface area (Å²) in [6, 6.07) is 3.54. The number of hydrogen-bond donors (Lipinski definition) is 3. The van der Waals surface area contributed by atoms with E-state index in [1.807, 2.05) is 0 Å². The van der Waals surface area contributed by atoms with E-state index in [1.54, 1.807) is 24.5 Å². The van der Waals surface area contributed by atoms with Crippen molar-refractivity contribution in [1.29, 1.82) is 0 Å². The molecule has 2 aromatic rings. The molecule has 1 aliphatic carbocycles. The van der Waals surface area contributed by atoms with Crippen molar-refractivity contribution in [2.24, 2.45) is 11.7 Å². The molecule has 1 aliphatic rings. The number of nitrogens with zero attached hydrogens (tertiary/aromatic N) is 1. The van der Waals surface area contributed by atoms with Crippen LogP contribution in [0.15, 0.2) is 24.5 Å². The minimum absolute atomic E-state index is 0.437. The average Bonchev–Trinajstić information content (AvgIpc) is 2.85. The number of carbonyl (C=O) groups excluding carboxylic acids is 1. The molecule has 0 radical (unpaired) electrons. The van der Waals surface area contributed by atoms with Gasteiger partial charge < -0.3 is 16.2 Å². The normalized spacial score (nSPS) is 18.5. The Morgan fingerprint density at radius 2 is 2.41 bits per heavy atom. The Morgan fingerprint density at radius 1 is 1.59 bits per heavy atom. The first-order valence-corrected chi connectivity index (χ1v) is 8.16. The maximum Gasteiger partial charge on any atom is 0.251 e. The molecule has 6 heteroatoms. The van der Waals surface area contributed by atoms with Crippen molar-refractivity contribution in [1.82, 2.24) is 4.98 Å². The second-order valence-corrected chi connectivity index (χ2v) is 6.86. The second-order valence-electron chi connectivity index (χ2n) is 5.75. The smallest absolute Gasteiger partial charge is 0.251 e. The molecule has 4 N–H and O–H groups in total. The molecule has 2 atom stereocenters. The zero-order chi connectivity index (χ0) is 15.7. The minimum atomic E-state index is -0.913. The number of fused-ring (bicyclic) bond motifs is 1. The maximum absolute atomic E-state index is 11.8. The molecule has 116 valence electrons. The van der Waals surface area contributed by atoms with Crippen molar-refractivity contribution >= 4 is 22.2 Å². The van der Waals surface area contributed by atoms with Gasteiger partial charge in [0.2, 0.25) is 0 Å². The van der Waals surface area contributed by atoms with Crippen LogP contribution < -0.4 is 11.1 Å². The molecule has 2 aromatic heterocycles. The van der Waals surface area contributed by atoms with Crippen molar-refractivity contribution in [3.05, 3.63) is 46.1 Å². The summed E-state index contributed by atoms with van der Waals surface area (Å²) in [6.45, 7) is 2.21. The number of nitrogens with two attached hydrogens (primary N) is 1. The number of pyridine rings is 1. The van der Waals surface area contributed by atoms with Crippen LogP contribution in [-0.4, -0.2) is 16.0 Å². The van der Waals surface area contributed by atoms with E-state index in [0.29, 0.717) is 22.0 Å². The van der Waals surface area contributed by atoms with Crippen LogP contribution in [0.25, 0.3) is 0 Å². The van der Waals surface area contributed by atoms with Crippen molar-refractivity contribution in [3.8, 4) is 0 Å². The third kappa shape index (κ3) is 2.84. The van der Waals surface area contributed by atoms with Gasteiger partial charge in [0.25, 0.3) is 5.91 Å². The lowest BCUT2D eigenvalue weighted by Crippen LogP contribution is -2.18. The van der Waals surface area contributed by atoms with Crippen molar-refractivity contribution in [3.63, 3.8) is 0 Å². The van der Waals surface area contributed by atoms with Crippen LogP contribution in [0.1, 0.15) is 45.9 Å². The van der Waals surface area contributed by atoms with Crippen LogP contribution in [0.2, 0.25) is 0 Å². The second kappa shape index (κ2) is 6.06. The quantitative estimate of drug-likeness (QED) is 0.756. The van der Waals surface area contributed by atoms with Crippen LogP contribution in [0.4, 0.5) is 5.00 Å². The number of thiophene rings is 1. The molecule has 1 amide bonds. The summed E-state index contributed by atoms with van der Waals surface area (Å²) in [4.78, 5) is 17.0. The van der Waals surface area contributed by atoms with E-state index in [9.17, 15) is 9.90 Å². The predicted octanol–water partition coefficient (Wildman–Crippen LogP) is 2.47. The molecule has 3 rings (SSSR count). The molecule has 0 saturated carbocycles. The lowest BCUT2D eigenvalue weighted by atomic mass is 9.88. The molecule has 0 bridgehead atoms.